The Morgan fingerprint density at radius 3 is 2.64 bits per heavy atom. The molecule has 1 aliphatic heterocycles. The highest BCUT2D eigenvalue weighted by atomic mass is 16.5. The predicted molar refractivity (Wildman–Crippen MR) is 103 cm³/mol. The van der Waals surface area contributed by atoms with E-state index in [0.29, 0.717) is 0 Å². The van der Waals surface area contributed by atoms with E-state index >= 15 is 0 Å². The second kappa shape index (κ2) is 8.68. The summed E-state index contributed by atoms with van der Waals surface area (Å²) in [5, 5.41) is 6.87. The van der Waals surface area contributed by atoms with Gasteiger partial charge in [-0.15, -0.1) is 0 Å². The maximum Gasteiger partial charge on any atom is 0.191 e. The van der Waals surface area contributed by atoms with Gasteiger partial charge in [-0.25, -0.2) is 0 Å². The van der Waals surface area contributed by atoms with E-state index in [1.165, 1.54) is 24.0 Å². The Hall–Kier alpha value is -1.59. The van der Waals surface area contributed by atoms with Crippen LogP contribution in [0.4, 0.5) is 0 Å². The SMILES string of the molecule is CCNC(=NCC1(c2ccccc2C)CC1)NCCN1CCOCC1. The van der Waals surface area contributed by atoms with Crippen molar-refractivity contribution in [2.75, 3.05) is 52.5 Å². The van der Waals surface area contributed by atoms with Crippen LogP contribution in [0.2, 0.25) is 0 Å². The normalized spacial score (nSPS) is 20.3. The number of rotatable bonds is 7. The largest absolute Gasteiger partial charge is 0.379 e. The summed E-state index contributed by atoms with van der Waals surface area (Å²) in [6.07, 6.45) is 2.49. The average molecular weight is 345 g/mol. The molecule has 2 aliphatic rings. The lowest BCUT2D eigenvalue weighted by Gasteiger charge is -2.26. The van der Waals surface area contributed by atoms with E-state index < -0.39 is 0 Å². The van der Waals surface area contributed by atoms with Crippen molar-refractivity contribution in [3.63, 3.8) is 0 Å². The van der Waals surface area contributed by atoms with Gasteiger partial charge in [0.25, 0.3) is 0 Å². The van der Waals surface area contributed by atoms with E-state index in [1.807, 2.05) is 0 Å². The van der Waals surface area contributed by atoms with E-state index in [0.717, 1.165) is 58.4 Å². The zero-order chi connectivity index (χ0) is 17.5. The Kier molecular flexibility index (Phi) is 6.32. The number of aryl methyl sites for hydroxylation is 1. The van der Waals surface area contributed by atoms with Crippen LogP contribution >= 0.6 is 0 Å². The van der Waals surface area contributed by atoms with Crippen molar-refractivity contribution in [2.45, 2.75) is 32.1 Å². The van der Waals surface area contributed by atoms with E-state index in [9.17, 15) is 0 Å². The summed E-state index contributed by atoms with van der Waals surface area (Å²) < 4.78 is 5.40. The van der Waals surface area contributed by atoms with Gasteiger partial charge in [-0.2, -0.15) is 0 Å². The first-order valence-electron chi connectivity index (χ1n) is 9.62. The third-order valence-electron chi connectivity index (χ3n) is 5.28. The van der Waals surface area contributed by atoms with Crippen LogP contribution in [0.5, 0.6) is 0 Å². The maximum absolute atomic E-state index is 5.40. The van der Waals surface area contributed by atoms with Gasteiger partial charge >= 0.3 is 0 Å². The molecule has 0 aromatic heterocycles. The molecule has 2 fully saturated rings. The quantitative estimate of drug-likeness (QED) is 0.586. The molecule has 0 spiro atoms. The lowest BCUT2D eigenvalue weighted by atomic mass is 9.92. The molecule has 2 N–H and O–H groups in total. The number of aliphatic imine (C=N–C) groups is 1. The van der Waals surface area contributed by atoms with Gasteiger partial charge in [0.05, 0.1) is 19.8 Å². The van der Waals surface area contributed by atoms with Crippen molar-refractivity contribution in [2.24, 2.45) is 4.99 Å². The topological polar surface area (TPSA) is 48.9 Å². The molecule has 0 atom stereocenters. The predicted octanol–water partition coefficient (Wildman–Crippen LogP) is 1.91. The Labute approximate surface area is 151 Å². The number of benzene rings is 1. The van der Waals surface area contributed by atoms with Crippen LogP contribution in [0, 0.1) is 6.92 Å². The molecule has 5 nitrogen and oxygen atoms in total. The molecule has 1 aromatic rings. The minimum absolute atomic E-state index is 0.262. The summed E-state index contributed by atoms with van der Waals surface area (Å²) in [5.74, 6) is 0.940. The molecule has 0 unspecified atom stereocenters. The van der Waals surface area contributed by atoms with Crippen molar-refractivity contribution >= 4 is 5.96 Å². The van der Waals surface area contributed by atoms with Crippen molar-refractivity contribution in [3.8, 4) is 0 Å². The summed E-state index contributed by atoms with van der Waals surface area (Å²) in [6.45, 7) is 11.8. The van der Waals surface area contributed by atoms with Crippen molar-refractivity contribution in [3.05, 3.63) is 35.4 Å². The van der Waals surface area contributed by atoms with Crippen LogP contribution in [-0.4, -0.2) is 63.3 Å². The lowest BCUT2D eigenvalue weighted by Crippen LogP contribution is -2.44. The molecule has 1 saturated carbocycles. The Balaban J connectivity index is 1.54. The van der Waals surface area contributed by atoms with E-state index in [-0.39, 0.29) is 5.41 Å². The maximum atomic E-state index is 5.40. The van der Waals surface area contributed by atoms with Crippen LogP contribution < -0.4 is 10.6 Å². The van der Waals surface area contributed by atoms with Crippen molar-refractivity contribution in [1.29, 1.82) is 0 Å². The highest BCUT2D eigenvalue weighted by Gasteiger charge is 2.44. The van der Waals surface area contributed by atoms with Gasteiger partial charge in [0.2, 0.25) is 0 Å². The highest BCUT2D eigenvalue weighted by Crippen LogP contribution is 2.49. The smallest absolute Gasteiger partial charge is 0.191 e. The fourth-order valence-electron chi connectivity index (χ4n) is 3.56. The number of guanidine groups is 1. The number of morpholine rings is 1. The zero-order valence-electron chi connectivity index (χ0n) is 15.7. The van der Waals surface area contributed by atoms with Gasteiger partial charge in [0.1, 0.15) is 0 Å². The third kappa shape index (κ3) is 4.95. The van der Waals surface area contributed by atoms with Gasteiger partial charge < -0.3 is 15.4 Å². The minimum atomic E-state index is 0.262. The lowest BCUT2D eigenvalue weighted by molar-refractivity contribution is 0.0389. The summed E-state index contributed by atoms with van der Waals surface area (Å²) in [7, 11) is 0. The van der Waals surface area contributed by atoms with Crippen LogP contribution in [0.1, 0.15) is 30.9 Å². The van der Waals surface area contributed by atoms with Crippen LogP contribution in [-0.2, 0) is 10.2 Å². The molecular weight excluding hydrogens is 312 g/mol. The van der Waals surface area contributed by atoms with Crippen LogP contribution in [0.15, 0.2) is 29.3 Å². The first-order valence-corrected chi connectivity index (χ1v) is 9.62. The first-order chi connectivity index (χ1) is 12.2. The van der Waals surface area contributed by atoms with Crippen LogP contribution in [0.3, 0.4) is 0 Å². The minimum Gasteiger partial charge on any atom is -0.379 e. The molecule has 0 bridgehead atoms. The van der Waals surface area contributed by atoms with Gasteiger partial charge in [-0.1, -0.05) is 24.3 Å². The Morgan fingerprint density at radius 2 is 1.96 bits per heavy atom. The third-order valence-corrected chi connectivity index (χ3v) is 5.28. The molecule has 0 amide bonds. The summed E-state index contributed by atoms with van der Waals surface area (Å²) in [5.41, 5.74) is 3.13. The molecule has 138 valence electrons. The molecular formula is C20H32N4O. The number of hydrogen-bond acceptors (Lipinski definition) is 3. The second-order valence-corrected chi connectivity index (χ2v) is 7.17. The van der Waals surface area contributed by atoms with Crippen molar-refractivity contribution < 1.29 is 4.74 Å². The number of ether oxygens (including phenoxy) is 1. The molecule has 1 aliphatic carbocycles. The fourth-order valence-corrected chi connectivity index (χ4v) is 3.56. The molecule has 5 heteroatoms. The zero-order valence-corrected chi connectivity index (χ0v) is 15.7. The summed E-state index contributed by atoms with van der Waals surface area (Å²) >= 11 is 0. The molecule has 25 heavy (non-hydrogen) atoms. The molecule has 3 rings (SSSR count). The summed E-state index contributed by atoms with van der Waals surface area (Å²) in [6, 6.07) is 8.76. The van der Waals surface area contributed by atoms with Crippen LogP contribution in [0.25, 0.3) is 0 Å². The van der Waals surface area contributed by atoms with Gasteiger partial charge in [0, 0.05) is 38.1 Å². The standard InChI is InChI=1S/C20H32N4O/c1-3-21-19(22-10-11-24-12-14-25-15-13-24)23-16-20(8-9-20)18-7-5-4-6-17(18)2/h4-7H,3,8-16H2,1-2H3,(H2,21,22,23). The molecule has 0 radical (unpaired) electrons. The highest BCUT2D eigenvalue weighted by molar-refractivity contribution is 5.79. The van der Waals surface area contributed by atoms with Gasteiger partial charge in [-0.3, -0.25) is 9.89 Å². The Bertz CT molecular complexity index is 577. The molecule has 1 saturated heterocycles. The number of nitrogens with one attached hydrogen (secondary N) is 2. The fraction of sp³-hybridized carbons (Fsp3) is 0.650. The van der Waals surface area contributed by atoms with E-state index in [2.05, 4.69) is 53.6 Å². The molecule has 1 aromatic carbocycles. The average Bonchev–Trinajstić information content (AvgIpc) is 3.42. The first kappa shape index (κ1) is 18.2. The summed E-state index contributed by atoms with van der Waals surface area (Å²) in [4.78, 5) is 7.34. The second-order valence-electron chi connectivity index (χ2n) is 7.17. The molecule has 1 heterocycles. The van der Waals surface area contributed by atoms with Gasteiger partial charge in [-0.05, 0) is 37.8 Å². The number of hydrogen-bond donors (Lipinski definition) is 2. The monoisotopic (exact) mass is 344 g/mol. The van der Waals surface area contributed by atoms with Gasteiger partial charge in [0.15, 0.2) is 5.96 Å². The van der Waals surface area contributed by atoms with E-state index in [4.69, 9.17) is 9.73 Å². The Morgan fingerprint density at radius 1 is 1.20 bits per heavy atom. The number of nitrogens with zero attached hydrogens (tertiary/aromatic N) is 2. The van der Waals surface area contributed by atoms with E-state index in [1.54, 1.807) is 0 Å². The van der Waals surface area contributed by atoms with Crippen molar-refractivity contribution in [1.82, 2.24) is 15.5 Å².